The number of hydrogen-bond donors (Lipinski definition) is 1. The number of para-hydroxylation sites is 1. The van der Waals surface area contributed by atoms with Crippen molar-refractivity contribution in [1.29, 1.82) is 0 Å². The second kappa shape index (κ2) is 8.89. The molecule has 162 valence electrons. The fourth-order valence-electron chi connectivity index (χ4n) is 3.17. The molecule has 4 aromatic rings. The molecule has 0 aliphatic heterocycles. The molecule has 0 atom stereocenters. The van der Waals surface area contributed by atoms with Crippen molar-refractivity contribution in [2.24, 2.45) is 4.99 Å². The number of carbonyl (C=O) groups excluding carboxylic acids is 1. The van der Waals surface area contributed by atoms with Crippen molar-refractivity contribution in [3.8, 4) is 11.5 Å². The number of aromatic nitrogens is 1. The van der Waals surface area contributed by atoms with Crippen LogP contribution >= 0.6 is 0 Å². The highest BCUT2D eigenvalue weighted by Crippen LogP contribution is 2.26. The van der Waals surface area contributed by atoms with Crippen LogP contribution in [0.3, 0.4) is 0 Å². The fourth-order valence-corrected chi connectivity index (χ4v) is 3.17. The quantitative estimate of drug-likeness (QED) is 0.490. The Hall–Kier alpha value is -4.20. The fraction of sp³-hybridized carbons (Fsp3) is 0.125. The second-order valence-electron chi connectivity index (χ2n) is 6.89. The Balaban J connectivity index is 1.88. The van der Waals surface area contributed by atoms with E-state index in [1.54, 1.807) is 42.5 Å². The van der Waals surface area contributed by atoms with Gasteiger partial charge in [-0.3, -0.25) is 4.79 Å². The summed E-state index contributed by atoms with van der Waals surface area (Å²) in [5.74, 6) is -0.0923. The van der Waals surface area contributed by atoms with Crippen molar-refractivity contribution in [2.75, 3.05) is 19.5 Å². The molecule has 0 aliphatic carbocycles. The predicted molar refractivity (Wildman–Crippen MR) is 118 cm³/mol. The number of amides is 1. The van der Waals surface area contributed by atoms with Crippen LogP contribution in [0, 0.1) is 12.7 Å². The number of methoxy groups -OCH3 is 2. The summed E-state index contributed by atoms with van der Waals surface area (Å²) in [7, 11) is 2.89. The summed E-state index contributed by atoms with van der Waals surface area (Å²) in [5, 5.41) is 3.40. The first kappa shape index (κ1) is 21.0. The van der Waals surface area contributed by atoms with Gasteiger partial charge in [0.2, 0.25) is 5.55 Å². The van der Waals surface area contributed by atoms with Gasteiger partial charge in [-0.1, -0.05) is 18.2 Å². The molecule has 0 bridgehead atoms. The number of pyridine rings is 1. The van der Waals surface area contributed by atoms with E-state index in [2.05, 4.69) is 15.3 Å². The van der Waals surface area contributed by atoms with Crippen LogP contribution in [0.2, 0.25) is 0 Å². The zero-order valence-corrected chi connectivity index (χ0v) is 17.7. The van der Waals surface area contributed by atoms with Gasteiger partial charge in [0.05, 0.1) is 19.9 Å². The monoisotopic (exact) mass is 433 g/mol. The molecule has 2 heterocycles. The molecule has 0 saturated heterocycles. The number of benzene rings is 2. The highest BCUT2D eigenvalue weighted by Gasteiger charge is 2.16. The zero-order valence-electron chi connectivity index (χ0n) is 17.7. The first-order valence-electron chi connectivity index (χ1n) is 9.72. The van der Waals surface area contributed by atoms with E-state index in [1.165, 1.54) is 26.4 Å². The maximum absolute atomic E-state index is 14.2. The number of nitrogens with one attached hydrogen (secondary N) is 1. The van der Waals surface area contributed by atoms with Crippen LogP contribution in [-0.4, -0.2) is 25.1 Å². The van der Waals surface area contributed by atoms with Gasteiger partial charge < -0.3 is 19.2 Å². The molecule has 0 radical (unpaired) electrons. The summed E-state index contributed by atoms with van der Waals surface area (Å²) in [5.41, 5.74) is 1.58. The van der Waals surface area contributed by atoms with Gasteiger partial charge in [0, 0.05) is 17.1 Å². The first-order chi connectivity index (χ1) is 15.5. The summed E-state index contributed by atoms with van der Waals surface area (Å²) >= 11 is 0. The largest absolute Gasteiger partial charge is 0.494 e. The highest BCUT2D eigenvalue weighted by atomic mass is 19.1. The highest BCUT2D eigenvalue weighted by molar-refractivity contribution is 6.05. The predicted octanol–water partition coefficient (Wildman–Crippen LogP) is 4.78. The van der Waals surface area contributed by atoms with E-state index in [0.29, 0.717) is 22.5 Å². The normalized spacial score (nSPS) is 11.4. The lowest BCUT2D eigenvalue weighted by atomic mass is 10.1. The lowest BCUT2D eigenvalue weighted by Gasteiger charge is -2.09. The van der Waals surface area contributed by atoms with E-state index in [1.807, 2.05) is 13.0 Å². The maximum atomic E-state index is 14.2. The maximum Gasteiger partial charge on any atom is 0.262 e. The third-order valence-electron chi connectivity index (χ3n) is 4.70. The van der Waals surface area contributed by atoms with Gasteiger partial charge in [0.1, 0.15) is 11.4 Å². The number of halogens is 1. The van der Waals surface area contributed by atoms with E-state index >= 15 is 0 Å². The molecule has 32 heavy (non-hydrogen) atoms. The van der Waals surface area contributed by atoms with E-state index in [-0.39, 0.29) is 22.6 Å². The first-order valence-corrected chi connectivity index (χ1v) is 9.72. The Bertz CT molecular complexity index is 1380. The summed E-state index contributed by atoms with van der Waals surface area (Å²) in [6.45, 7) is 1.83. The van der Waals surface area contributed by atoms with Crippen molar-refractivity contribution in [3.05, 3.63) is 83.3 Å². The van der Waals surface area contributed by atoms with Gasteiger partial charge in [-0.05, 0) is 43.3 Å². The Morgan fingerprint density at radius 3 is 2.53 bits per heavy atom. The standard InChI is InChI=1S/C24H20FN3O4/c1-14-6-4-9-21(26-14)28-23(29)17-12-15-7-5-8-20(31-3)22(15)32-24(17)27-16-10-11-19(30-2)18(25)13-16/h4-13H,1-3H3,(H,26,28,29). The molecule has 1 amide bonds. The van der Waals surface area contributed by atoms with Gasteiger partial charge in [-0.2, -0.15) is 0 Å². The number of hydrogen-bond acceptors (Lipinski definition) is 6. The number of fused-ring (bicyclic) bond motifs is 1. The minimum Gasteiger partial charge on any atom is -0.494 e. The van der Waals surface area contributed by atoms with E-state index in [4.69, 9.17) is 13.9 Å². The summed E-state index contributed by atoms with van der Waals surface area (Å²) in [6.07, 6.45) is 0. The van der Waals surface area contributed by atoms with Gasteiger partial charge in [-0.25, -0.2) is 14.4 Å². The van der Waals surface area contributed by atoms with Crippen molar-refractivity contribution >= 4 is 28.4 Å². The van der Waals surface area contributed by atoms with E-state index < -0.39 is 11.7 Å². The molecule has 0 saturated carbocycles. The zero-order chi connectivity index (χ0) is 22.7. The van der Waals surface area contributed by atoms with Crippen LogP contribution in [-0.2, 0) is 0 Å². The molecule has 0 fully saturated rings. The van der Waals surface area contributed by atoms with Crippen molar-refractivity contribution in [3.63, 3.8) is 0 Å². The summed E-state index contributed by atoms with van der Waals surface area (Å²) in [4.78, 5) is 21.8. The minimum atomic E-state index is -0.581. The van der Waals surface area contributed by atoms with Crippen molar-refractivity contribution in [2.45, 2.75) is 6.92 Å². The molecule has 0 unspecified atom stereocenters. The minimum absolute atomic E-state index is 0.00304. The molecule has 7 nitrogen and oxygen atoms in total. The Morgan fingerprint density at radius 1 is 1.03 bits per heavy atom. The third-order valence-corrected chi connectivity index (χ3v) is 4.70. The average molecular weight is 433 g/mol. The third kappa shape index (κ3) is 4.29. The lowest BCUT2D eigenvalue weighted by Crippen LogP contribution is -2.22. The summed E-state index contributed by atoms with van der Waals surface area (Å²) < 4.78 is 30.5. The molecule has 8 heteroatoms. The van der Waals surface area contributed by atoms with E-state index in [9.17, 15) is 9.18 Å². The SMILES string of the molecule is COc1ccc(N=c2oc3c(OC)cccc3cc2C(=O)Nc2cccc(C)n2)cc1F. The van der Waals surface area contributed by atoms with E-state index in [0.717, 1.165) is 5.69 Å². The molecule has 1 N–H and O–H groups in total. The number of anilines is 1. The smallest absolute Gasteiger partial charge is 0.262 e. The van der Waals surface area contributed by atoms with Crippen LogP contribution in [0.15, 0.2) is 70.1 Å². The van der Waals surface area contributed by atoms with Gasteiger partial charge in [0.25, 0.3) is 5.91 Å². The van der Waals surface area contributed by atoms with Crippen LogP contribution < -0.4 is 20.3 Å². The molecular weight excluding hydrogens is 413 g/mol. The Kier molecular flexibility index (Phi) is 5.85. The Morgan fingerprint density at radius 2 is 1.81 bits per heavy atom. The average Bonchev–Trinajstić information content (AvgIpc) is 2.78. The molecule has 4 rings (SSSR count). The van der Waals surface area contributed by atoms with Crippen LogP contribution in [0.25, 0.3) is 11.0 Å². The number of rotatable bonds is 5. The van der Waals surface area contributed by atoms with Gasteiger partial charge >= 0.3 is 0 Å². The van der Waals surface area contributed by atoms with Crippen molar-refractivity contribution in [1.82, 2.24) is 4.98 Å². The van der Waals surface area contributed by atoms with Crippen LogP contribution in [0.5, 0.6) is 11.5 Å². The van der Waals surface area contributed by atoms with Crippen molar-refractivity contribution < 1.29 is 23.1 Å². The number of aryl methyl sites for hydroxylation is 1. The molecule has 2 aromatic heterocycles. The second-order valence-corrected chi connectivity index (χ2v) is 6.89. The molecule has 2 aromatic carbocycles. The van der Waals surface area contributed by atoms with Crippen LogP contribution in [0.1, 0.15) is 16.1 Å². The Labute approximate surface area is 183 Å². The van der Waals surface area contributed by atoms with Gasteiger partial charge in [0.15, 0.2) is 22.9 Å². The number of carbonyl (C=O) groups is 1. The molecule has 0 spiro atoms. The summed E-state index contributed by atoms with van der Waals surface area (Å²) in [6, 6.07) is 16.5. The number of ether oxygens (including phenoxy) is 2. The van der Waals surface area contributed by atoms with Crippen LogP contribution in [0.4, 0.5) is 15.9 Å². The van der Waals surface area contributed by atoms with Gasteiger partial charge in [-0.15, -0.1) is 0 Å². The topological polar surface area (TPSA) is 86.0 Å². The molecule has 0 aliphatic rings. The lowest BCUT2D eigenvalue weighted by molar-refractivity contribution is 0.102. The molecular formula is C24H20FN3O4. The number of nitrogens with zero attached hydrogens (tertiary/aromatic N) is 2.